The van der Waals surface area contributed by atoms with Crippen LogP contribution in [0, 0.1) is 0 Å². The second kappa shape index (κ2) is 11.1. The molecule has 1 heterocycles. The molecule has 28 heavy (non-hydrogen) atoms. The molecular formula is C18H27N3O6S. The average Bonchev–Trinajstić information content (AvgIpc) is 2.72. The van der Waals surface area contributed by atoms with Crippen LogP contribution in [0.2, 0.25) is 0 Å². The van der Waals surface area contributed by atoms with Crippen LogP contribution in [0.1, 0.15) is 12.0 Å². The molecule has 1 aromatic rings. The highest BCUT2D eigenvalue weighted by molar-refractivity contribution is 7.89. The Labute approximate surface area is 165 Å². The van der Waals surface area contributed by atoms with E-state index in [9.17, 15) is 18.0 Å². The van der Waals surface area contributed by atoms with Crippen LogP contribution < -0.4 is 10.6 Å². The molecule has 2 rings (SSSR count). The third kappa shape index (κ3) is 6.55. The molecule has 1 fully saturated rings. The van der Waals surface area contributed by atoms with Gasteiger partial charge in [-0.3, -0.25) is 9.59 Å². The van der Waals surface area contributed by atoms with Crippen molar-refractivity contribution in [1.82, 2.24) is 14.9 Å². The van der Waals surface area contributed by atoms with Crippen LogP contribution in [-0.4, -0.2) is 77.6 Å². The molecular weight excluding hydrogens is 386 g/mol. The van der Waals surface area contributed by atoms with Crippen molar-refractivity contribution in [2.45, 2.75) is 17.7 Å². The maximum Gasteiger partial charge on any atom is 0.309 e. The van der Waals surface area contributed by atoms with E-state index in [1.54, 1.807) is 31.4 Å². The average molecular weight is 413 g/mol. The third-order valence-corrected chi connectivity index (χ3v) is 6.16. The molecule has 1 aliphatic rings. The van der Waals surface area contributed by atoms with Crippen molar-refractivity contribution in [2.75, 3.05) is 53.1 Å². The van der Waals surface area contributed by atoms with E-state index in [1.807, 2.05) is 0 Å². The second-order valence-corrected chi connectivity index (χ2v) is 8.21. The number of nitrogens with zero attached hydrogens (tertiary/aromatic N) is 1. The molecule has 0 aliphatic carbocycles. The number of amides is 2. The lowest BCUT2D eigenvalue weighted by Gasteiger charge is -2.26. The molecule has 0 saturated carbocycles. The number of sulfonamides is 1. The zero-order chi connectivity index (χ0) is 20.4. The lowest BCUT2D eigenvalue weighted by molar-refractivity contribution is -0.139. The van der Waals surface area contributed by atoms with E-state index >= 15 is 0 Å². The molecule has 1 saturated heterocycles. The molecule has 2 amide bonds. The first-order chi connectivity index (χ1) is 13.4. The molecule has 9 nitrogen and oxygen atoms in total. The Kier molecular flexibility index (Phi) is 8.84. The molecule has 0 spiro atoms. The van der Waals surface area contributed by atoms with Crippen molar-refractivity contribution in [3.63, 3.8) is 0 Å². The summed E-state index contributed by atoms with van der Waals surface area (Å²) >= 11 is 0. The molecule has 0 unspecified atom stereocenters. The van der Waals surface area contributed by atoms with Crippen LogP contribution >= 0.6 is 0 Å². The van der Waals surface area contributed by atoms with Crippen molar-refractivity contribution >= 4 is 21.8 Å². The topological polar surface area (TPSA) is 114 Å². The maximum atomic E-state index is 12.6. The number of hydrogen-bond acceptors (Lipinski definition) is 6. The summed E-state index contributed by atoms with van der Waals surface area (Å²) in [7, 11) is -1.95. The molecule has 0 radical (unpaired) electrons. The van der Waals surface area contributed by atoms with Gasteiger partial charge in [-0.05, 0) is 30.5 Å². The van der Waals surface area contributed by atoms with Gasteiger partial charge in [-0.25, -0.2) is 8.42 Å². The largest absolute Gasteiger partial charge is 0.385 e. The number of ether oxygens (including phenoxy) is 2. The van der Waals surface area contributed by atoms with E-state index in [1.165, 1.54) is 4.31 Å². The number of methoxy groups -OCH3 is 1. The van der Waals surface area contributed by atoms with E-state index in [-0.39, 0.29) is 11.4 Å². The van der Waals surface area contributed by atoms with Crippen LogP contribution in [0.4, 0.5) is 0 Å². The first kappa shape index (κ1) is 22.3. The number of rotatable bonds is 9. The van der Waals surface area contributed by atoms with Crippen molar-refractivity contribution in [1.29, 1.82) is 0 Å². The van der Waals surface area contributed by atoms with Crippen molar-refractivity contribution in [3.8, 4) is 0 Å². The maximum absolute atomic E-state index is 12.6. The monoisotopic (exact) mass is 413 g/mol. The van der Waals surface area contributed by atoms with E-state index < -0.39 is 21.8 Å². The van der Waals surface area contributed by atoms with Gasteiger partial charge in [-0.15, -0.1) is 0 Å². The SMILES string of the molecule is COCCCNC(=O)C(=O)NCCc1ccc(S(=O)(=O)N2CCOCC2)cc1. The van der Waals surface area contributed by atoms with Crippen LogP contribution in [0.15, 0.2) is 29.2 Å². The Morgan fingerprint density at radius 2 is 1.68 bits per heavy atom. The fourth-order valence-corrected chi connectivity index (χ4v) is 4.07. The molecule has 156 valence electrons. The number of nitrogens with one attached hydrogen (secondary N) is 2. The van der Waals surface area contributed by atoms with E-state index in [4.69, 9.17) is 9.47 Å². The quantitative estimate of drug-likeness (QED) is 0.418. The molecule has 1 aromatic carbocycles. The lowest BCUT2D eigenvalue weighted by Crippen LogP contribution is -2.41. The summed E-state index contributed by atoms with van der Waals surface area (Å²) in [4.78, 5) is 23.6. The Bertz CT molecular complexity index is 745. The number of morpholine rings is 1. The second-order valence-electron chi connectivity index (χ2n) is 6.27. The fraction of sp³-hybridized carbons (Fsp3) is 0.556. The molecule has 10 heteroatoms. The van der Waals surface area contributed by atoms with Gasteiger partial charge in [-0.2, -0.15) is 4.31 Å². The summed E-state index contributed by atoms with van der Waals surface area (Å²) in [6.45, 7) is 2.67. The lowest BCUT2D eigenvalue weighted by atomic mass is 10.1. The van der Waals surface area contributed by atoms with Gasteiger partial charge in [0.25, 0.3) is 0 Å². The van der Waals surface area contributed by atoms with Crippen LogP contribution in [-0.2, 0) is 35.5 Å². The predicted molar refractivity (Wildman–Crippen MR) is 102 cm³/mol. The Hall–Kier alpha value is -2.01. The van der Waals surface area contributed by atoms with E-state index in [0.29, 0.717) is 52.3 Å². The van der Waals surface area contributed by atoms with Crippen LogP contribution in [0.3, 0.4) is 0 Å². The van der Waals surface area contributed by atoms with Gasteiger partial charge in [0, 0.05) is 39.9 Å². The van der Waals surface area contributed by atoms with Crippen molar-refractivity contribution in [2.24, 2.45) is 0 Å². The van der Waals surface area contributed by atoms with Gasteiger partial charge in [0.05, 0.1) is 18.1 Å². The van der Waals surface area contributed by atoms with Crippen molar-refractivity contribution < 1.29 is 27.5 Å². The smallest absolute Gasteiger partial charge is 0.309 e. The molecule has 0 atom stereocenters. The minimum Gasteiger partial charge on any atom is -0.385 e. The number of carbonyl (C=O) groups is 2. The summed E-state index contributed by atoms with van der Waals surface area (Å²) in [6.07, 6.45) is 1.12. The Morgan fingerprint density at radius 1 is 1.07 bits per heavy atom. The van der Waals surface area contributed by atoms with Gasteiger partial charge in [0.2, 0.25) is 10.0 Å². The normalized spacial score (nSPS) is 15.2. The molecule has 1 aliphatic heterocycles. The van der Waals surface area contributed by atoms with E-state index in [0.717, 1.165) is 5.56 Å². The van der Waals surface area contributed by atoms with Gasteiger partial charge < -0.3 is 20.1 Å². The van der Waals surface area contributed by atoms with E-state index in [2.05, 4.69) is 10.6 Å². The highest BCUT2D eigenvalue weighted by atomic mass is 32.2. The standard InChI is InChI=1S/C18H27N3O6S/c1-26-12-2-8-19-17(22)18(23)20-9-7-15-3-5-16(6-4-15)28(24,25)21-10-13-27-14-11-21/h3-6H,2,7-14H2,1H3,(H,19,22)(H,20,23). The first-order valence-corrected chi connectivity index (χ1v) is 10.6. The highest BCUT2D eigenvalue weighted by Gasteiger charge is 2.26. The van der Waals surface area contributed by atoms with Crippen LogP contribution in [0.25, 0.3) is 0 Å². The van der Waals surface area contributed by atoms with Gasteiger partial charge in [-0.1, -0.05) is 12.1 Å². The van der Waals surface area contributed by atoms with Crippen LogP contribution in [0.5, 0.6) is 0 Å². The summed E-state index contributed by atoms with van der Waals surface area (Å²) in [5.74, 6) is -1.37. The summed E-state index contributed by atoms with van der Waals surface area (Å²) in [6, 6.07) is 6.55. The zero-order valence-corrected chi connectivity index (χ0v) is 16.8. The van der Waals surface area contributed by atoms with Gasteiger partial charge in [0.1, 0.15) is 0 Å². The highest BCUT2D eigenvalue weighted by Crippen LogP contribution is 2.17. The molecule has 2 N–H and O–H groups in total. The van der Waals surface area contributed by atoms with Crippen molar-refractivity contribution in [3.05, 3.63) is 29.8 Å². The summed E-state index contributed by atoms with van der Waals surface area (Å²) in [5.41, 5.74) is 0.863. The minimum absolute atomic E-state index is 0.234. The minimum atomic E-state index is -3.52. The summed E-state index contributed by atoms with van der Waals surface area (Å²) < 4.78 is 36.6. The first-order valence-electron chi connectivity index (χ1n) is 9.17. The Balaban J connectivity index is 1.78. The Morgan fingerprint density at radius 3 is 2.29 bits per heavy atom. The molecule has 0 aromatic heterocycles. The molecule has 0 bridgehead atoms. The number of hydrogen-bond donors (Lipinski definition) is 2. The zero-order valence-electron chi connectivity index (χ0n) is 16.0. The van der Waals surface area contributed by atoms with Gasteiger partial charge in [0.15, 0.2) is 0 Å². The number of carbonyl (C=O) groups excluding carboxylic acids is 2. The predicted octanol–water partition coefficient (Wildman–Crippen LogP) is -0.481. The summed E-state index contributed by atoms with van der Waals surface area (Å²) in [5, 5.41) is 5.06. The van der Waals surface area contributed by atoms with Gasteiger partial charge >= 0.3 is 11.8 Å². The third-order valence-electron chi connectivity index (χ3n) is 4.25. The fourth-order valence-electron chi connectivity index (χ4n) is 2.66. The number of benzene rings is 1.